The van der Waals surface area contributed by atoms with Crippen LogP contribution in [0, 0.1) is 6.92 Å². The molecule has 0 saturated carbocycles. The van der Waals surface area contributed by atoms with E-state index in [0.29, 0.717) is 16.8 Å². The highest BCUT2D eigenvalue weighted by atomic mass is 32.1. The van der Waals surface area contributed by atoms with Crippen molar-refractivity contribution in [2.24, 2.45) is 0 Å². The number of carbonyl (C=O) groups is 1. The maximum absolute atomic E-state index is 12.5. The number of thiophene rings is 1. The van der Waals surface area contributed by atoms with E-state index in [4.69, 9.17) is 9.84 Å². The first-order valence-corrected chi connectivity index (χ1v) is 7.02. The van der Waals surface area contributed by atoms with Crippen molar-refractivity contribution in [3.63, 3.8) is 0 Å². The van der Waals surface area contributed by atoms with Crippen LogP contribution in [0.4, 0.5) is 0 Å². The topological polar surface area (TPSA) is 81.4 Å². The van der Waals surface area contributed by atoms with Gasteiger partial charge in [-0.2, -0.15) is 5.10 Å². The van der Waals surface area contributed by atoms with E-state index in [0.717, 1.165) is 19.5 Å². The monoisotopic (exact) mass is 304 g/mol. The highest BCUT2D eigenvalue weighted by Gasteiger charge is 2.16. The minimum atomic E-state index is -1.10. The molecule has 0 atom stereocenters. The Morgan fingerprint density at radius 3 is 2.90 bits per heavy atom. The van der Waals surface area contributed by atoms with Crippen LogP contribution in [0.1, 0.15) is 5.69 Å². The van der Waals surface area contributed by atoms with Gasteiger partial charge in [0.05, 0.1) is 22.9 Å². The van der Waals surface area contributed by atoms with Gasteiger partial charge in [-0.3, -0.25) is 9.59 Å². The fourth-order valence-corrected chi connectivity index (χ4v) is 3.42. The Kier molecular flexibility index (Phi) is 3.13. The van der Waals surface area contributed by atoms with Gasteiger partial charge in [-0.05, 0) is 25.1 Å². The zero-order valence-electron chi connectivity index (χ0n) is 11.4. The van der Waals surface area contributed by atoms with Crippen LogP contribution in [0.25, 0.3) is 20.2 Å². The second-order valence-corrected chi connectivity index (χ2v) is 5.66. The van der Waals surface area contributed by atoms with Gasteiger partial charge in [0.2, 0.25) is 0 Å². The van der Waals surface area contributed by atoms with Crippen LogP contribution in [0.5, 0.6) is 5.75 Å². The van der Waals surface area contributed by atoms with E-state index in [1.165, 1.54) is 11.3 Å². The van der Waals surface area contributed by atoms with Gasteiger partial charge in [0.15, 0.2) is 0 Å². The lowest BCUT2D eigenvalue weighted by Crippen LogP contribution is -2.27. The fraction of sp³-hybridized carbons (Fsp3) is 0.214. The van der Waals surface area contributed by atoms with Crippen molar-refractivity contribution in [1.82, 2.24) is 9.78 Å². The molecule has 0 fully saturated rings. The van der Waals surface area contributed by atoms with Gasteiger partial charge in [-0.1, -0.05) is 0 Å². The summed E-state index contributed by atoms with van der Waals surface area (Å²) in [5.41, 5.74) is 0.253. The number of rotatable bonds is 3. The summed E-state index contributed by atoms with van der Waals surface area (Å²) in [6, 6.07) is 5.51. The average molecular weight is 304 g/mol. The van der Waals surface area contributed by atoms with Crippen LogP contribution in [-0.2, 0) is 11.3 Å². The lowest BCUT2D eigenvalue weighted by atomic mass is 10.2. The van der Waals surface area contributed by atoms with Crippen LogP contribution in [0.3, 0.4) is 0 Å². The van der Waals surface area contributed by atoms with Crippen LogP contribution < -0.4 is 10.3 Å². The summed E-state index contributed by atoms with van der Waals surface area (Å²) in [6.07, 6.45) is 0. The molecular weight excluding hydrogens is 292 g/mol. The summed E-state index contributed by atoms with van der Waals surface area (Å²) in [4.78, 5) is 23.3. The molecule has 0 aliphatic rings. The van der Waals surface area contributed by atoms with E-state index in [2.05, 4.69) is 5.10 Å². The molecule has 0 aliphatic heterocycles. The number of carboxylic acids is 1. The number of nitrogens with zero attached hydrogens (tertiary/aromatic N) is 2. The summed E-state index contributed by atoms with van der Waals surface area (Å²) in [6.45, 7) is 1.32. The summed E-state index contributed by atoms with van der Waals surface area (Å²) in [5, 5.41) is 14.2. The van der Waals surface area contributed by atoms with Gasteiger partial charge in [-0.25, -0.2) is 4.68 Å². The van der Waals surface area contributed by atoms with Crippen molar-refractivity contribution in [3.8, 4) is 5.75 Å². The molecule has 21 heavy (non-hydrogen) atoms. The molecule has 2 aromatic heterocycles. The zero-order chi connectivity index (χ0) is 15.1. The molecule has 3 aromatic rings. The molecule has 0 spiro atoms. The van der Waals surface area contributed by atoms with Crippen molar-refractivity contribution in [2.45, 2.75) is 13.5 Å². The quantitative estimate of drug-likeness (QED) is 0.800. The van der Waals surface area contributed by atoms with E-state index < -0.39 is 18.1 Å². The summed E-state index contributed by atoms with van der Waals surface area (Å²) in [7, 11) is 1.56. The summed E-state index contributed by atoms with van der Waals surface area (Å²) >= 11 is 1.47. The number of hydrogen-bond donors (Lipinski definition) is 1. The Labute approximate surface area is 123 Å². The molecule has 3 rings (SSSR count). The standard InChI is InChI=1S/C14H12N2O4S/c1-7-13-12(14(19)16(15-7)6-11(17)18)9-5-8(20-2)3-4-10(9)21-13/h3-5H,6H2,1-2H3,(H,17,18). The minimum absolute atomic E-state index is 0.391. The van der Waals surface area contributed by atoms with Crippen LogP contribution in [0.15, 0.2) is 23.0 Å². The number of ether oxygens (including phenoxy) is 1. The van der Waals surface area contributed by atoms with E-state index in [-0.39, 0.29) is 0 Å². The molecule has 0 unspecified atom stereocenters. The Morgan fingerprint density at radius 2 is 2.24 bits per heavy atom. The third kappa shape index (κ3) is 2.15. The number of carboxylic acid groups (broad SMARTS) is 1. The lowest BCUT2D eigenvalue weighted by Gasteiger charge is -2.04. The number of aromatic nitrogens is 2. The fourth-order valence-electron chi connectivity index (χ4n) is 2.31. The molecule has 1 aromatic carbocycles. The molecule has 1 N–H and O–H groups in total. The summed E-state index contributed by atoms with van der Waals surface area (Å²) in [5.74, 6) is -0.443. The number of fused-ring (bicyclic) bond motifs is 3. The van der Waals surface area contributed by atoms with E-state index in [1.54, 1.807) is 20.1 Å². The van der Waals surface area contributed by atoms with Gasteiger partial charge in [0.1, 0.15) is 12.3 Å². The van der Waals surface area contributed by atoms with E-state index in [9.17, 15) is 9.59 Å². The van der Waals surface area contributed by atoms with E-state index in [1.807, 2.05) is 12.1 Å². The van der Waals surface area contributed by atoms with Gasteiger partial charge in [0.25, 0.3) is 5.56 Å². The minimum Gasteiger partial charge on any atom is -0.497 e. The predicted molar refractivity (Wildman–Crippen MR) is 80.3 cm³/mol. The highest BCUT2D eigenvalue weighted by molar-refractivity contribution is 7.26. The smallest absolute Gasteiger partial charge is 0.325 e. The number of hydrogen-bond acceptors (Lipinski definition) is 5. The maximum atomic E-state index is 12.5. The molecule has 0 aliphatic carbocycles. The lowest BCUT2D eigenvalue weighted by molar-refractivity contribution is -0.137. The first kappa shape index (κ1) is 13.6. The molecule has 2 heterocycles. The highest BCUT2D eigenvalue weighted by Crippen LogP contribution is 2.34. The molecular formula is C14H12N2O4S. The van der Waals surface area contributed by atoms with Crippen molar-refractivity contribution in [3.05, 3.63) is 34.2 Å². The van der Waals surface area contributed by atoms with Gasteiger partial charge >= 0.3 is 5.97 Å². The Balaban J connectivity index is 2.42. The van der Waals surface area contributed by atoms with Gasteiger partial charge < -0.3 is 9.84 Å². The SMILES string of the molecule is COc1ccc2sc3c(C)nn(CC(=O)O)c(=O)c3c2c1. The molecule has 108 valence electrons. The third-order valence-corrected chi connectivity index (χ3v) is 4.51. The normalized spacial score (nSPS) is 11.1. The molecule has 7 heteroatoms. The van der Waals surface area contributed by atoms with Crippen LogP contribution in [-0.4, -0.2) is 28.0 Å². The molecule has 0 amide bonds. The van der Waals surface area contributed by atoms with Crippen molar-refractivity contribution < 1.29 is 14.6 Å². The number of aliphatic carboxylic acids is 1. The van der Waals surface area contributed by atoms with E-state index >= 15 is 0 Å². The molecule has 0 bridgehead atoms. The third-order valence-electron chi connectivity index (χ3n) is 3.23. The van der Waals surface area contributed by atoms with Crippen molar-refractivity contribution in [1.29, 1.82) is 0 Å². The molecule has 0 radical (unpaired) electrons. The van der Waals surface area contributed by atoms with Gasteiger partial charge in [-0.15, -0.1) is 11.3 Å². The van der Waals surface area contributed by atoms with Crippen molar-refractivity contribution in [2.75, 3.05) is 7.11 Å². The zero-order valence-corrected chi connectivity index (χ0v) is 12.2. The molecule has 6 nitrogen and oxygen atoms in total. The molecule has 0 saturated heterocycles. The first-order valence-electron chi connectivity index (χ1n) is 6.21. The second-order valence-electron chi connectivity index (χ2n) is 4.61. The van der Waals surface area contributed by atoms with Gasteiger partial charge in [0, 0.05) is 10.1 Å². The Morgan fingerprint density at radius 1 is 1.48 bits per heavy atom. The average Bonchev–Trinajstić information content (AvgIpc) is 2.83. The predicted octanol–water partition coefficient (Wildman–Crippen LogP) is 2.01. The number of methoxy groups -OCH3 is 1. The number of benzene rings is 1. The van der Waals surface area contributed by atoms with Crippen molar-refractivity contribution >= 4 is 37.5 Å². The Hall–Kier alpha value is -2.41. The maximum Gasteiger partial charge on any atom is 0.325 e. The summed E-state index contributed by atoms with van der Waals surface area (Å²) < 4.78 is 7.91. The van der Waals surface area contributed by atoms with Crippen LogP contribution >= 0.6 is 11.3 Å². The second kappa shape index (κ2) is 4.85. The van der Waals surface area contributed by atoms with Crippen LogP contribution in [0.2, 0.25) is 0 Å². The first-order chi connectivity index (χ1) is 10.0. The number of aryl methyl sites for hydroxylation is 1. The Bertz CT molecular complexity index is 926. The largest absolute Gasteiger partial charge is 0.497 e.